The number of hydrogen-bond donors (Lipinski definition) is 0. The summed E-state index contributed by atoms with van der Waals surface area (Å²) in [5.74, 6) is 2.53. The van der Waals surface area contributed by atoms with E-state index in [2.05, 4.69) is 59.8 Å². The lowest BCUT2D eigenvalue weighted by atomic mass is 9.45. The van der Waals surface area contributed by atoms with Crippen LogP contribution in [0.5, 0.6) is 0 Å². The number of allylic oxidation sites excluding steroid dienone is 6. The molecule has 1 saturated carbocycles. The van der Waals surface area contributed by atoms with Crippen LogP contribution in [0.4, 0.5) is 0 Å². The molecule has 0 heteroatoms. The third-order valence-electron chi connectivity index (χ3n) is 5.53. The summed E-state index contributed by atoms with van der Waals surface area (Å²) in [5.41, 5.74) is 5.10. The maximum Gasteiger partial charge on any atom is -0.0140 e. The van der Waals surface area contributed by atoms with Crippen molar-refractivity contribution in [1.82, 2.24) is 0 Å². The Kier molecular flexibility index (Phi) is 4.62. The van der Waals surface area contributed by atoms with Crippen LogP contribution in [-0.4, -0.2) is 0 Å². The minimum Gasteiger partial charge on any atom is -0.0856 e. The first-order chi connectivity index (χ1) is 9.32. The van der Waals surface area contributed by atoms with Crippen LogP contribution in [0.25, 0.3) is 0 Å². The fraction of sp³-hybridized carbons (Fsp3) is 0.700. The molecule has 112 valence electrons. The van der Waals surface area contributed by atoms with Gasteiger partial charge in [-0.25, -0.2) is 0 Å². The largest absolute Gasteiger partial charge is 0.0856 e. The fourth-order valence-corrected chi connectivity index (χ4v) is 4.23. The Morgan fingerprint density at radius 2 is 2.00 bits per heavy atom. The van der Waals surface area contributed by atoms with Gasteiger partial charge in [0.25, 0.3) is 0 Å². The van der Waals surface area contributed by atoms with Gasteiger partial charge < -0.3 is 0 Å². The van der Waals surface area contributed by atoms with Crippen molar-refractivity contribution in [3.8, 4) is 0 Å². The number of rotatable bonds is 4. The molecule has 0 aliphatic heterocycles. The SMILES string of the molecule is CC(C)=CCC/C(C)=C\C1C2CCC(C)=CC2C1(C)C. The average molecular weight is 272 g/mol. The molecule has 0 spiro atoms. The van der Waals surface area contributed by atoms with Crippen LogP contribution < -0.4 is 0 Å². The Balaban J connectivity index is 2.01. The van der Waals surface area contributed by atoms with Crippen LogP contribution in [0.15, 0.2) is 34.9 Å². The molecule has 0 nitrogen and oxygen atoms in total. The first-order valence-electron chi connectivity index (χ1n) is 8.30. The summed E-state index contributed by atoms with van der Waals surface area (Å²) in [4.78, 5) is 0. The van der Waals surface area contributed by atoms with Gasteiger partial charge in [0, 0.05) is 0 Å². The van der Waals surface area contributed by atoms with Crippen LogP contribution >= 0.6 is 0 Å². The van der Waals surface area contributed by atoms with Crippen LogP contribution in [0.1, 0.15) is 67.2 Å². The van der Waals surface area contributed by atoms with Gasteiger partial charge in [0.1, 0.15) is 0 Å². The minimum atomic E-state index is 0.462. The van der Waals surface area contributed by atoms with Gasteiger partial charge >= 0.3 is 0 Å². The van der Waals surface area contributed by atoms with Crippen molar-refractivity contribution in [2.45, 2.75) is 67.2 Å². The standard InChI is InChI=1S/C20H32/c1-14(2)8-7-9-15(3)12-18-17-11-10-16(4)13-19(17)20(18,5)6/h8,12-13,17-19H,7,9-11H2,1-6H3/b15-12-. The van der Waals surface area contributed by atoms with Gasteiger partial charge in [-0.3, -0.25) is 0 Å². The Morgan fingerprint density at radius 1 is 1.30 bits per heavy atom. The van der Waals surface area contributed by atoms with Gasteiger partial charge in [-0.15, -0.1) is 0 Å². The number of hydrogen-bond acceptors (Lipinski definition) is 0. The molecule has 0 bridgehead atoms. The lowest BCUT2D eigenvalue weighted by Crippen LogP contribution is -2.53. The quantitative estimate of drug-likeness (QED) is 0.526. The normalized spacial score (nSPS) is 32.0. The molecule has 0 aromatic carbocycles. The molecule has 1 fully saturated rings. The van der Waals surface area contributed by atoms with E-state index in [9.17, 15) is 0 Å². The molecule has 0 heterocycles. The molecule has 3 unspecified atom stereocenters. The molecule has 0 amide bonds. The Labute approximate surface area is 126 Å². The Hall–Kier alpha value is -0.780. The van der Waals surface area contributed by atoms with Crippen molar-refractivity contribution in [1.29, 1.82) is 0 Å². The summed E-state index contributed by atoms with van der Waals surface area (Å²) in [6.45, 7) is 13.9. The molecule has 2 aliphatic carbocycles. The topological polar surface area (TPSA) is 0 Å². The summed E-state index contributed by atoms with van der Waals surface area (Å²) in [7, 11) is 0. The van der Waals surface area contributed by atoms with Gasteiger partial charge in [0.05, 0.1) is 0 Å². The lowest BCUT2D eigenvalue weighted by Gasteiger charge is -2.59. The van der Waals surface area contributed by atoms with Gasteiger partial charge in [-0.2, -0.15) is 0 Å². The average Bonchev–Trinajstić information content (AvgIpc) is 2.36. The Bertz CT molecular complexity index is 441. The first kappa shape index (κ1) is 15.6. The molecule has 2 rings (SSSR count). The molecule has 0 aromatic heterocycles. The molecule has 0 saturated heterocycles. The van der Waals surface area contributed by atoms with Crippen molar-refractivity contribution in [3.63, 3.8) is 0 Å². The van der Waals surface area contributed by atoms with Crippen LogP contribution in [0, 0.1) is 23.2 Å². The molecule has 3 atom stereocenters. The van der Waals surface area contributed by atoms with E-state index in [-0.39, 0.29) is 0 Å². The van der Waals surface area contributed by atoms with Crippen molar-refractivity contribution < 1.29 is 0 Å². The van der Waals surface area contributed by atoms with E-state index >= 15 is 0 Å². The fourth-order valence-electron chi connectivity index (χ4n) is 4.23. The van der Waals surface area contributed by atoms with Crippen LogP contribution in [0.2, 0.25) is 0 Å². The van der Waals surface area contributed by atoms with Crippen LogP contribution in [0.3, 0.4) is 0 Å². The van der Waals surface area contributed by atoms with Crippen LogP contribution in [-0.2, 0) is 0 Å². The monoisotopic (exact) mass is 272 g/mol. The van der Waals surface area contributed by atoms with Gasteiger partial charge in [0.15, 0.2) is 0 Å². The Morgan fingerprint density at radius 3 is 2.65 bits per heavy atom. The zero-order valence-corrected chi connectivity index (χ0v) is 14.3. The highest BCUT2D eigenvalue weighted by molar-refractivity contribution is 5.23. The van der Waals surface area contributed by atoms with Gasteiger partial charge in [0.2, 0.25) is 0 Å². The molecule has 0 aromatic rings. The second-order valence-electron chi connectivity index (χ2n) is 7.92. The predicted molar refractivity (Wildman–Crippen MR) is 89.7 cm³/mol. The van der Waals surface area contributed by atoms with Crippen molar-refractivity contribution in [2.24, 2.45) is 23.2 Å². The highest BCUT2D eigenvalue weighted by atomic mass is 14.6. The van der Waals surface area contributed by atoms with E-state index in [1.54, 1.807) is 11.1 Å². The lowest BCUT2D eigenvalue weighted by molar-refractivity contribution is -0.0484. The zero-order chi connectivity index (χ0) is 14.9. The first-order valence-corrected chi connectivity index (χ1v) is 8.30. The number of fused-ring (bicyclic) bond motifs is 1. The highest BCUT2D eigenvalue weighted by Gasteiger charge is 2.54. The molecule has 2 aliphatic rings. The van der Waals surface area contributed by atoms with E-state index in [0.717, 1.165) is 17.8 Å². The van der Waals surface area contributed by atoms with E-state index < -0.39 is 0 Å². The van der Waals surface area contributed by atoms with E-state index in [1.165, 1.54) is 31.3 Å². The van der Waals surface area contributed by atoms with E-state index in [1.807, 2.05) is 0 Å². The predicted octanol–water partition coefficient (Wildman–Crippen LogP) is 6.31. The summed E-state index contributed by atoms with van der Waals surface area (Å²) in [6, 6.07) is 0. The van der Waals surface area contributed by atoms with E-state index in [0.29, 0.717) is 5.41 Å². The van der Waals surface area contributed by atoms with Crippen molar-refractivity contribution >= 4 is 0 Å². The third kappa shape index (κ3) is 3.10. The maximum absolute atomic E-state index is 2.61. The second kappa shape index (κ2) is 5.92. The maximum atomic E-state index is 2.61. The zero-order valence-electron chi connectivity index (χ0n) is 14.3. The summed E-state index contributed by atoms with van der Waals surface area (Å²) < 4.78 is 0. The smallest absolute Gasteiger partial charge is 0.0140 e. The van der Waals surface area contributed by atoms with Crippen molar-refractivity contribution in [3.05, 3.63) is 34.9 Å². The van der Waals surface area contributed by atoms with Crippen molar-refractivity contribution in [2.75, 3.05) is 0 Å². The summed E-state index contributed by atoms with van der Waals surface area (Å²) in [6.07, 6.45) is 12.7. The third-order valence-corrected chi connectivity index (χ3v) is 5.53. The summed E-state index contributed by atoms with van der Waals surface area (Å²) in [5, 5.41) is 0. The van der Waals surface area contributed by atoms with Gasteiger partial charge in [-0.05, 0) is 76.5 Å². The summed E-state index contributed by atoms with van der Waals surface area (Å²) >= 11 is 0. The second-order valence-corrected chi connectivity index (χ2v) is 7.92. The van der Waals surface area contributed by atoms with E-state index in [4.69, 9.17) is 0 Å². The molecule has 20 heavy (non-hydrogen) atoms. The molecular weight excluding hydrogens is 240 g/mol. The molecular formula is C20H32. The van der Waals surface area contributed by atoms with Gasteiger partial charge in [-0.1, -0.05) is 48.8 Å². The highest BCUT2D eigenvalue weighted by Crippen LogP contribution is 2.61. The molecule has 0 N–H and O–H groups in total. The molecule has 0 radical (unpaired) electrons. The minimum absolute atomic E-state index is 0.462.